The van der Waals surface area contributed by atoms with Gasteiger partial charge in [0.05, 0.1) is 12.3 Å². The van der Waals surface area contributed by atoms with Crippen molar-refractivity contribution in [2.75, 3.05) is 51.2 Å². The number of urea groups is 1. The van der Waals surface area contributed by atoms with Gasteiger partial charge >= 0.3 is 18.1 Å². The molecule has 0 spiro atoms. The number of nitrogens with two attached hydrogens (primary N) is 2. The molecule has 1 aromatic heterocycles. The van der Waals surface area contributed by atoms with Gasteiger partial charge in [-0.15, -0.1) is 13.2 Å². The summed E-state index contributed by atoms with van der Waals surface area (Å²) in [6.45, 7) is 2.09. The van der Waals surface area contributed by atoms with Gasteiger partial charge in [-0.3, -0.25) is 19.6 Å². The first-order chi connectivity index (χ1) is 19.4. The quantitative estimate of drug-likeness (QED) is 0.352. The second-order valence-corrected chi connectivity index (χ2v) is 9.99. The lowest BCUT2D eigenvalue weighted by Crippen LogP contribution is -2.55. The average molecular weight is 583 g/mol. The highest BCUT2D eigenvalue weighted by Gasteiger charge is 2.32. The van der Waals surface area contributed by atoms with E-state index < -0.39 is 42.4 Å². The van der Waals surface area contributed by atoms with Crippen molar-refractivity contribution >= 4 is 17.8 Å². The summed E-state index contributed by atoms with van der Waals surface area (Å²) < 4.78 is 44.3. The van der Waals surface area contributed by atoms with E-state index in [-0.39, 0.29) is 43.7 Å². The molecule has 1 atom stereocenters. The fourth-order valence-corrected chi connectivity index (χ4v) is 4.74. The van der Waals surface area contributed by atoms with Crippen LogP contribution in [0.25, 0.3) is 5.69 Å². The van der Waals surface area contributed by atoms with Crippen molar-refractivity contribution in [3.8, 4) is 11.4 Å². The first-order valence-corrected chi connectivity index (χ1v) is 13.1. The van der Waals surface area contributed by atoms with Gasteiger partial charge in [0.15, 0.2) is 0 Å². The van der Waals surface area contributed by atoms with Crippen LogP contribution in [0.4, 0.5) is 23.8 Å². The number of rotatable bonds is 7. The highest BCUT2D eigenvalue weighted by atomic mass is 19.4. The summed E-state index contributed by atoms with van der Waals surface area (Å²) in [4.78, 5) is 46.5. The largest absolute Gasteiger partial charge is 0.573 e. The Balaban J connectivity index is 1.46. The van der Waals surface area contributed by atoms with Crippen LogP contribution in [-0.2, 0) is 11.3 Å². The van der Waals surface area contributed by atoms with E-state index in [4.69, 9.17) is 16.6 Å². The number of aliphatic hydroxyl groups excluding tert-OH is 1. The van der Waals surface area contributed by atoms with E-state index in [0.29, 0.717) is 25.2 Å². The fourth-order valence-electron chi connectivity index (χ4n) is 4.74. The highest BCUT2D eigenvalue weighted by molar-refractivity contribution is 5.88. The zero-order valence-electron chi connectivity index (χ0n) is 22.2. The third kappa shape index (κ3) is 8.16. The number of nitrogens with one attached hydrogen (secondary N) is 1. The predicted octanol–water partition coefficient (Wildman–Crippen LogP) is 0.0499. The van der Waals surface area contributed by atoms with Crippen molar-refractivity contribution in [3.05, 3.63) is 46.5 Å². The number of anilines is 1. The Labute approximate surface area is 233 Å². The van der Waals surface area contributed by atoms with Crippen LogP contribution in [0.3, 0.4) is 0 Å². The number of nitrogens with zero attached hydrogens (tertiary/aromatic N) is 5. The summed E-state index contributed by atoms with van der Waals surface area (Å²) in [7, 11) is 0. The first kappa shape index (κ1) is 30.2. The molecule has 224 valence electrons. The predicted molar refractivity (Wildman–Crippen MR) is 141 cm³/mol. The van der Waals surface area contributed by atoms with Crippen LogP contribution < -0.4 is 27.2 Å². The number of aromatic nitrogens is 2. The molecule has 0 saturated carbocycles. The second kappa shape index (κ2) is 12.8. The molecule has 41 heavy (non-hydrogen) atoms. The van der Waals surface area contributed by atoms with E-state index in [9.17, 15) is 27.6 Å². The molecular formula is C25H33F3N8O5. The molecule has 13 nitrogen and oxygen atoms in total. The summed E-state index contributed by atoms with van der Waals surface area (Å²) in [5.41, 5.74) is 11.3. The van der Waals surface area contributed by atoms with Crippen molar-refractivity contribution in [1.82, 2.24) is 24.3 Å². The molecular weight excluding hydrogens is 549 g/mol. The molecule has 2 aliphatic heterocycles. The second-order valence-electron chi connectivity index (χ2n) is 9.99. The molecule has 0 radical (unpaired) electrons. The number of aliphatic hydroxyl groups is 1. The number of hydrogen-bond acceptors (Lipinski definition) is 9. The smallest absolute Gasteiger partial charge is 0.406 e. The van der Waals surface area contributed by atoms with Crippen LogP contribution in [0.2, 0.25) is 0 Å². The number of carbonyl (C=O) groups excluding carboxylic acids is 2. The Kier molecular flexibility index (Phi) is 9.47. The molecule has 3 amide bonds. The monoisotopic (exact) mass is 582 g/mol. The van der Waals surface area contributed by atoms with E-state index in [1.165, 1.54) is 28.1 Å². The molecule has 2 aliphatic rings. The average Bonchev–Trinajstić information content (AvgIpc) is 2.92. The molecule has 0 unspecified atom stereocenters. The van der Waals surface area contributed by atoms with Crippen molar-refractivity contribution < 1.29 is 32.6 Å². The van der Waals surface area contributed by atoms with Gasteiger partial charge in [-0.25, -0.2) is 9.59 Å². The minimum atomic E-state index is -4.92. The molecule has 0 aliphatic carbocycles. The Morgan fingerprint density at radius 3 is 2.37 bits per heavy atom. The minimum absolute atomic E-state index is 0.0513. The van der Waals surface area contributed by atoms with Crippen LogP contribution in [0, 0.1) is 0 Å². The highest BCUT2D eigenvalue weighted by Crippen LogP contribution is 2.27. The van der Waals surface area contributed by atoms with E-state index in [1.807, 2.05) is 0 Å². The zero-order valence-corrected chi connectivity index (χ0v) is 22.2. The van der Waals surface area contributed by atoms with Gasteiger partial charge in [0.1, 0.15) is 17.6 Å². The molecule has 0 bridgehead atoms. The summed E-state index contributed by atoms with van der Waals surface area (Å²) in [5.74, 6) is -0.934. The molecule has 2 fully saturated rings. The van der Waals surface area contributed by atoms with Crippen molar-refractivity contribution in [1.29, 1.82) is 0 Å². The maximum absolute atomic E-state index is 13.0. The number of hydrogen-bond donors (Lipinski definition) is 4. The number of halogens is 3. The Morgan fingerprint density at radius 2 is 1.76 bits per heavy atom. The standard InChI is InChI=1S/C25H33F3N8O5/c26-25(27,28)41-19-12-16(14-33-4-1-17(29)2-5-33)11-18(13-19)36-6-3-21(32-24(36)40)31-23(39)35-9-7-34(8-10-35)22(38)20(30)15-37/h3,6,11-13,17,20,37H,1-2,4-5,7-10,14-15,29-30H2,(H,31,32,39,40)/t20-/m0/s1. The van der Waals surface area contributed by atoms with Gasteiger partial charge in [-0.1, -0.05) is 0 Å². The van der Waals surface area contributed by atoms with E-state index in [2.05, 4.69) is 19.9 Å². The summed E-state index contributed by atoms with van der Waals surface area (Å²) in [6.07, 6.45) is -2.08. The number of carbonyl (C=O) groups is 2. The van der Waals surface area contributed by atoms with Crippen LogP contribution in [0.5, 0.6) is 5.75 Å². The van der Waals surface area contributed by atoms with Crippen molar-refractivity contribution in [2.24, 2.45) is 11.5 Å². The third-order valence-electron chi connectivity index (χ3n) is 6.93. The Hall–Kier alpha value is -3.73. The third-order valence-corrected chi connectivity index (χ3v) is 6.93. The van der Waals surface area contributed by atoms with Gasteiger partial charge in [-0.2, -0.15) is 4.98 Å². The maximum atomic E-state index is 13.0. The molecule has 6 N–H and O–H groups in total. The van der Waals surface area contributed by atoms with Crippen LogP contribution >= 0.6 is 0 Å². The number of amides is 3. The van der Waals surface area contributed by atoms with E-state index >= 15 is 0 Å². The Bertz CT molecular complexity index is 1290. The fraction of sp³-hybridized carbons (Fsp3) is 0.520. The SMILES string of the molecule is NC1CCN(Cc2cc(OC(F)(F)F)cc(-n3ccc(NC(=O)N4CCN(C(=O)[C@@H](N)CO)CC4)nc3=O)c2)CC1. The van der Waals surface area contributed by atoms with Gasteiger partial charge in [0, 0.05) is 51.0 Å². The number of likely N-dealkylation sites (tertiary alicyclic amines) is 1. The minimum Gasteiger partial charge on any atom is -0.406 e. The summed E-state index contributed by atoms with van der Waals surface area (Å²) in [6, 6.07) is 3.83. The summed E-state index contributed by atoms with van der Waals surface area (Å²) in [5, 5.41) is 11.6. The zero-order chi connectivity index (χ0) is 29.7. The summed E-state index contributed by atoms with van der Waals surface area (Å²) >= 11 is 0. The molecule has 4 rings (SSSR count). The molecule has 16 heteroatoms. The van der Waals surface area contributed by atoms with Gasteiger partial charge in [0.2, 0.25) is 5.91 Å². The van der Waals surface area contributed by atoms with Gasteiger partial charge in [0.25, 0.3) is 0 Å². The lowest BCUT2D eigenvalue weighted by molar-refractivity contribution is -0.274. The first-order valence-electron chi connectivity index (χ1n) is 13.1. The number of benzene rings is 1. The number of ether oxygens (including phenoxy) is 1. The normalized spacial score (nSPS) is 17.8. The molecule has 2 saturated heterocycles. The van der Waals surface area contributed by atoms with Gasteiger partial charge < -0.3 is 31.1 Å². The molecule has 1 aromatic carbocycles. The Morgan fingerprint density at radius 1 is 1.10 bits per heavy atom. The topological polar surface area (TPSA) is 172 Å². The lowest BCUT2D eigenvalue weighted by Gasteiger charge is -2.35. The number of piperidine rings is 1. The van der Waals surface area contributed by atoms with Gasteiger partial charge in [-0.05, 0) is 49.7 Å². The lowest BCUT2D eigenvalue weighted by atomic mass is 10.0. The number of piperazine rings is 1. The molecule has 2 aromatic rings. The number of alkyl halides is 3. The van der Waals surface area contributed by atoms with Crippen LogP contribution in [0.15, 0.2) is 35.3 Å². The molecule has 3 heterocycles. The van der Waals surface area contributed by atoms with Crippen molar-refractivity contribution in [3.63, 3.8) is 0 Å². The maximum Gasteiger partial charge on any atom is 0.573 e. The van der Waals surface area contributed by atoms with E-state index in [1.54, 1.807) is 6.07 Å². The van der Waals surface area contributed by atoms with E-state index in [0.717, 1.165) is 23.5 Å². The van der Waals surface area contributed by atoms with Crippen LogP contribution in [-0.4, -0.2) is 106 Å². The van der Waals surface area contributed by atoms with Crippen LogP contribution in [0.1, 0.15) is 18.4 Å². The van der Waals surface area contributed by atoms with Crippen molar-refractivity contribution in [2.45, 2.75) is 37.8 Å².